The molecule has 0 aliphatic carbocycles. The second kappa shape index (κ2) is 8.61. The van der Waals surface area contributed by atoms with Crippen molar-refractivity contribution in [1.82, 2.24) is 19.8 Å². The largest absolute Gasteiger partial charge is 0.325 e. The minimum Gasteiger partial charge on any atom is -0.325 e. The monoisotopic (exact) mass is 429 g/mol. The summed E-state index contributed by atoms with van der Waals surface area (Å²) in [6.45, 7) is 6.43. The van der Waals surface area contributed by atoms with E-state index >= 15 is 0 Å². The number of hydrogen-bond donors (Lipinski definition) is 3. The van der Waals surface area contributed by atoms with Crippen molar-refractivity contribution in [1.29, 1.82) is 0 Å². The summed E-state index contributed by atoms with van der Waals surface area (Å²) >= 11 is 0. The molecule has 4 aromatic rings. The third-order valence-corrected chi connectivity index (χ3v) is 6.39. The fraction of sp³-hybridized carbons (Fsp3) is 0.280. The van der Waals surface area contributed by atoms with Gasteiger partial charge in [0.2, 0.25) is 5.91 Å². The molecule has 1 aliphatic heterocycles. The summed E-state index contributed by atoms with van der Waals surface area (Å²) < 4.78 is 0. The molecule has 3 aromatic carbocycles. The van der Waals surface area contributed by atoms with Crippen molar-refractivity contribution >= 4 is 33.4 Å². The van der Waals surface area contributed by atoms with E-state index in [0.29, 0.717) is 11.2 Å². The zero-order valence-corrected chi connectivity index (χ0v) is 18.1. The highest BCUT2D eigenvalue weighted by Crippen LogP contribution is 2.21. The molecule has 1 atom stereocenters. The van der Waals surface area contributed by atoms with E-state index in [1.807, 2.05) is 6.92 Å². The van der Waals surface area contributed by atoms with Crippen LogP contribution in [0.1, 0.15) is 12.5 Å². The van der Waals surface area contributed by atoms with Crippen LogP contribution in [0.15, 0.2) is 65.5 Å². The van der Waals surface area contributed by atoms with Crippen molar-refractivity contribution in [3.05, 3.63) is 76.7 Å². The maximum Gasteiger partial charge on any atom is 0.323 e. The van der Waals surface area contributed by atoms with Crippen LogP contribution in [-0.4, -0.2) is 57.9 Å². The van der Waals surface area contributed by atoms with Gasteiger partial charge in [0.1, 0.15) is 0 Å². The zero-order chi connectivity index (χ0) is 22.1. The summed E-state index contributed by atoms with van der Waals surface area (Å²) in [6, 6.07) is 20.1. The first-order valence-corrected chi connectivity index (χ1v) is 11.0. The molecule has 1 amide bonds. The minimum absolute atomic E-state index is 0.0373. The fourth-order valence-electron chi connectivity index (χ4n) is 4.50. The van der Waals surface area contributed by atoms with E-state index in [1.54, 1.807) is 18.2 Å². The average Bonchev–Trinajstić information content (AvgIpc) is 3.18. The van der Waals surface area contributed by atoms with Gasteiger partial charge in [-0.3, -0.25) is 14.6 Å². The molecule has 2 heterocycles. The van der Waals surface area contributed by atoms with Crippen LogP contribution in [0.4, 0.5) is 5.69 Å². The van der Waals surface area contributed by atoms with E-state index in [-0.39, 0.29) is 17.6 Å². The summed E-state index contributed by atoms with van der Waals surface area (Å²) in [5.74, 6) is -0.0373. The number of aromatic amines is 2. The van der Waals surface area contributed by atoms with Crippen LogP contribution in [0.3, 0.4) is 0 Å². The minimum atomic E-state index is -0.252. The number of carbonyl (C=O) groups is 1. The zero-order valence-electron chi connectivity index (χ0n) is 18.1. The topological polar surface area (TPSA) is 84.2 Å². The van der Waals surface area contributed by atoms with Gasteiger partial charge in [-0.05, 0) is 41.5 Å². The lowest BCUT2D eigenvalue weighted by Crippen LogP contribution is -2.52. The summed E-state index contributed by atoms with van der Waals surface area (Å²) in [5.41, 5.74) is 3.18. The van der Waals surface area contributed by atoms with Crippen LogP contribution in [0.5, 0.6) is 0 Å². The first-order chi connectivity index (χ1) is 15.6. The maximum absolute atomic E-state index is 12.8. The Labute approximate surface area is 186 Å². The average molecular weight is 430 g/mol. The predicted octanol–water partition coefficient (Wildman–Crippen LogP) is 3.15. The van der Waals surface area contributed by atoms with Gasteiger partial charge in [0.25, 0.3) is 0 Å². The third kappa shape index (κ3) is 4.17. The number of hydrogen-bond acceptors (Lipinski definition) is 4. The standard InChI is InChI=1S/C25H27N5O2/c1-17(24(31)26-20-9-10-22-23(15-20)28-25(32)27-22)30-13-11-29(12-14-30)16-19-7-4-6-18-5-2-3-8-21(18)19/h2-10,15,17H,11-14,16H2,1H3,(H,26,31)(H2,27,28,32). The molecular formula is C25H27N5O2. The van der Waals surface area contributed by atoms with Crippen molar-refractivity contribution < 1.29 is 4.79 Å². The van der Waals surface area contributed by atoms with Gasteiger partial charge in [-0.25, -0.2) is 4.79 Å². The number of piperazine rings is 1. The Balaban J connectivity index is 1.18. The number of amides is 1. The molecule has 7 heteroatoms. The summed E-state index contributed by atoms with van der Waals surface area (Å²) in [6.07, 6.45) is 0. The van der Waals surface area contributed by atoms with Crippen LogP contribution in [0.2, 0.25) is 0 Å². The number of fused-ring (bicyclic) bond motifs is 2. The van der Waals surface area contributed by atoms with Gasteiger partial charge in [-0.1, -0.05) is 42.5 Å². The van der Waals surface area contributed by atoms with Crippen LogP contribution in [0.25, 0.3) is 21.8 Å². The molecule has 0 radical (unpaired) electrons. The third-order valence-electron chi connectivity index (χ3n) is 6.39. The van der Waals surface area contributed by atoms with Crippen molar-refractivity contribution in [2.24, 2.45) is 0 Å². The highest BCUT2D eigenvalue weighted by Gasteiger charge is 2.26. The maximum atomic E-state index is 12.8. The number of benzene rings is 3. The van der Waals surface area contributed by atoms with Gasteiger partial charge >= 0.3 is 5.69 Å². The lowest BCUT2D eigenvalue weighted by atomic mass is 10.0. The first kappa shape index (κ1) is 20.5. The lowest BCUT2D eigenvalue weighted by molar-refractivity contribution is -0.121. The number of rotatable bonds is 5. The lowest BCUT2D eigenvalue weighted by Gasteiger charge is -2.37. The highest BCUT2D eigenvalue weighted by atomic mass is 16.2. The van der Waals surface area contributed by atoms with Crippen LogP contribution >= 0.6 is 0 Å². The first-order valence-electron chi connectivity index (χ1n) is 11.0. The van der Waals surface area contributed by atoms with Gasteiger partial charge in [0.05, 0.1) is 17.1 Å². The number of nitrogens with one attached hydrogen (secondary N) is 3. The summed E-state index contributed by atoms with van der Waals surface area (Å²) in [4.78, 5) is 34.4. The molecule has 1 unspecified atom stereocenters. The number of carbonyl (C=O) groups excluding carboxylic acids is 1. The van der Waals surface area contributed by atoms with E-state index in [2.05, 4.69) is 67.5 Å². The molecule has 1 fully saturated rings. The number of imidazole rings is 1. The molecule has 1 saturated heterocycles. The van der Waals surface area contributed by atoms with Gasteiger partial charge in [-0.2, -0.15) is 0 Å². The molecular weight excluding hydrogens is 402 g/mol. The highest BCUT2D eigenvalue weighted by molar-refractivity contribution is 5.96. The Morgan fingerprint density at radius 3 is 2.56 bits per heavy atom. The molecule has 1 aromatic heterocycles. The molecule has 0 bridgehead atoms. The molecule has 0 saturated carbocycles. The van der Waals surface area contributed by atoms with E-state index in [0.717, 1.165) is 38.2 Å². The Hall–Kier alpha value is -3.42. The SMILES string of the molecule is CC(C(=O)Nc1ccc2[nH]c(=O)[nH]c2c1)N1CCN(Cc2cccc3ccccc23)CC1. The molecule has 0 spiro atoms. The number of aromatic nitrogens is 2. The smallest absolute Gasteiger partial charge is 0.323 e. The second-order valence-electron chi connectivity index (χ2n) is 8.46. The van der Waals surface area contributed by atoms with Gasteiger partial charge in [0, 0.05) is 38.4 Å². The Morgan fingerprint density at radius 1 is 0.969 bits per heavy atom. The fourth-order valence-corrected chi connectivity index (χ4v) is 4.50. The normalized spacial score (nSPS) is 16.4. The molecule has 1 aliphatic rings. The van der Waals surface area contributed by atoms with Crippen molar-refractivity contribution in [3.8, 4) is 0 Å². The molecule has 7 nitrogen and oxygen atoms in total. The number of nitrogens with zero attached hydrogens (tertiary/aromatic N) is 2. The quantitative estimate of drug-likeness (QED) is 0.455. The van der Waals surface area contributed by atoms with Gasteiger partial charge in [0.15, 0.2) is 0 Å². The van der Waals surface area contributed by atoms with E-state index in [4.69, 9.17) is 0 Å². The van der Waals surface area contributed by atoms with Crippen LogP contribution in [-0.2, 0) is 11.3 Å². The van der Waals surface area contributed by atoms with E-state index in [1.165, 1.54) is 16.3 Å². The van der Waals surface area contributed by atoms with E-state index < -0.39 is 0 Å². The van der Waals surface area contributed by atoms with Crippen LogP contribution < -0.4 is 11.0 Å². The Bertz CT molecular complexity index is 1310. The molecule has 164 valence electrons. The van der Waals surface area contributed by atoms with Crippen LogP contribution in [0, 0.1) is 0 Å². The summed E-state index contributed by atoms with van der Waals surface area (Å²) in [5, 5.41) is 5.57. The van der Waals surface area contributed by atoms with Gasteiger partial charge in [-0.15, -0.1) is 0 Å². The van der Waals surface area contributed by atoms with Crippen molar-refractivity contribution in [3.63, 3.8) is 0 Å². The molecule has 3 N–H and O–H groups in total. The Kier molecular flexibility index (Phi) is 5.51. The number of anilines is 1. The Morgan fingerprint density at radius 2 is 1.72 bits per heavy atom. The molecule has 5 rings (SSSR count). The number of H-pyrrole nitrogens is 2. The predicted molar refractivity (Wildman–Crippen MR) is 128 cm³/mol. The summed E-state index contributed by atoms with van der Waals surface area (Å²) in [7, 11) is 0. The van der Waals surface area contributed by atoms with E-state index in [9.17, 15) is 9.59 Å². The second-order valence-corrected chi connectivity index (χ2v) is 8.46. The van der Waals surface area contributed by atoms with Gasteiger partial charge < -0.3 is 15.3 Å². The van der Waals surface area contributed by atoms with Crippen molar-refractivity contribution in [2.75, 3.05) is 31.5 Å². The van der Waals surface area contributed by atoms with Crippen molar-refractivity contribution in [2.45, 2.75) is 19.5 Å². The molecule has 32 heavy (non-hydrogen) atoms.